The molecule has 16 heavy (non-hydrogen) atoms. The number of primary amides is 1. The van der Waals surface area contributed by atoms with E-state index >= 15 is 0 Å². The number of halogens is 1. The van der Waals surface area contributed by atoms with Crippen LogP contribution >= 0.6 is 0 Å². The molecule has 0 saturated carbocycles. The van der Waals surface area contributed by atoms with Crippen LogP contribution in [0.15, 0.2) is 18.2 Å². The summed E-state index contributed by atoms with van der Waals surface area (Å²) < 4.78 is 18.1. The van der Waals surface area contributed by atoms with E-state index in [2.05, 4.69) is 0 Å². The summed E-state index contributed by atoms with van der Waals surface area (Å²) in [6.07, 6.45) is 0. The Labute approximate surface area is 93.8 Å². The summed E-state index contributed by atoms with van der Waals surface area (Å²) in [5.41, 5.74) is 5.81. The molecule has 0 heterocycles. The highest BCUT2D eigenvalue weighted by Gasteiger charge is 2.07. The van der Waals surface area contributed by atoms with Crippen molar-refractivity contribution in [1.29, 1.82) is 0 Å². The monoisotopic (exact) mass is 226 g/mol. The molecule has 0 bridgehead atoms. The third-order valence-electron chi connectivity index (χ3n) is 2.09. The van der Waals surface area contributed by atoms with Crippen LogP contribution in [0.3, 0.4) is 0 Å². The average molecular weight is 226 g/mol. The van der Waals surface area contributed by atoms with Gasteiger partial charge in [-0.25, -0.2) is 4.39 Å². The molecule has 0 atom stereocenters. The van der Waals surface area contributed by atoms with Gasteiger partial charge in [-0.05, 0) is 24.7 Å². The first-order valence-corrected chi connectivity index (χ1v) is 4.82. The molecule has 0 aliphatic heterocycles. The molecule has 1 aromatic carbocycles. The maximum atomic E-state index is 13.3. The number of benzene rings is 1. The molecule has 0 fully saturated rings. The molecule has 5 heteroatoms. The van der Waals surface area contributed by atoms with Crippen molar-refractivity contribution in [2.45, 2.75) is 6.54 Å². The molecular weight excluding hydrogens is 211 g/mol. The molecule has 0 radical (unpaired) electrons. The number of amides is 1. The zero-order valence-corrected chi connectivity index (χ0v) is 9.37. The minimum atomic E-state index is -0.410. The third-order valence-corrected chi connectivity index (χ3v) is 2.09. The number of methoxy groups -OCH3 is 1. The van der Waals surface area contributed by atoms with Gasteiger partial charge >= 0.3 is 0 Å². The van der Waals surface area contributed by atoms with Crippen molar-refractivity contribution >= 4 is 5.91 Å². The fraction of sp³-hybridized carbons (Fsp3) is 0.364. The van der Waals surface area contributed by atoms with Gasteiger partial charge in [0.05, 0.1) is 13.7 Å². The SMILES string of the molecule is COc1ccc(CN(C)CC(N)=O)cc1F. The Morgan fingerprint density at radius 2 is 2.25 bits per heavy atom. The van der Waals surface area contributed by atoms with Gasteiger partial charge in [-0.1, -0.05) is 6.07 Å². The van der Waals surface area contributed by atoms with Crippen LogP contribution in [0.1, 0.15) is 5.56 Å². The van der Waals surface area contributed by atoms with Crippen LogP contribution in [0, 0.1) is 5.82 Å². The van der Waals surface area contributed by atoms with Crippen LogP contribution in [0.2, 0.25) is 0 Å². The molecule has 0 saturated heterocycles. The minimum absolute atomic E-state index is 0.146. The number of ether oxygens (including phenoxy) is 1. The largest absolute Gasteiger partial charge is 0.494 e. The fourth-order valence-corrected chi connectivity index (χ4v) is 1.44. The van der Waals surface area contributed by atoms with Crippen molar-refractivity contribution in [3.05, 3.63) is 29.6 Å². The predicted octanol–water partition coefficient (Wildman–Crippen LogP) is 0.751. The quantitative estimate of drug-likeness (QED) is 0.806. The normalized spacial score (nSPS) is 10.5. The first-order valence-electron chi connectivity index (χ1n) is 4.82. The maximum absolute atomic E-state index is 13.3. The Balaban J connectivity index is 2.67. The number of carbonyl (C=O) groups excluding carboxylic acids is 1. The molecule has 0 unspecified atom stereocenters. The number of hydrogen-bond donors (Lipinski definition) is 1. The highest BCUT2D eigenvalue weighted by Crippen LogP contribution is 2.18. The van der Waals surface area contributed by atoms with Crippen molar-refractivity contribution in [2.24, 2.45) is 5.73 Å². The van der Waals surface area contributed by atoms with Crippen LogP contribution in [-0.4, -0.2) is 31.5 Å². The van der Waals surface area contributed by atoms with E-state index in [1.54, 1.807) is 24.1 Å². The van der Waals surface area contributed by atoms with Crippen molar-refractivity contribution < 1.29 is 13.9 Å². The van der Waals surface area contributed by atoms with Gasteiger partial charge in [0, 0.05) is 6.54 Å². The Bertz CT molecular complexity index is 382. The van der Waals surface area contributed by atoms with Gasteiger partial charge < -0.3 is 10.5 Å². The summed E-state index contributed by atoms with van der Waals surface area (Å²) in [6.45, 7) is 0.609. The lowest BCUT2D eigenvalue weighted by Crippen LogP contribution is -2.30. The van der Waals surface area contributed by atoms with Crippen molar-refractivity contribution in [3.63, 3.8) is 0 Å². The smallest absolute Gasteiger partial charge is 0.231 e. The van der Waals surface area contributed by atoms with E-state index < -0.39 is 11.7 Å². The summed E-state index contributed by atoms with van der Waals surface area (Å²) in [5, 5.41) is 0. The van der Waals surface area contributed by atoms with Gasteiger partial charge in [-0.3, -0.25) is 9.69 Å². The lowest BCUT2D eigenvalue weighted by molar-refractivity contribution is -0.118. The molecule has 0 aromatic heterocycles. The first-order chi connectivity index (χ1) is 7.52. The Morgan fingerprint density at radius 1 is 1.56 bits per heavy atom. The molecule has 1 amide bonds. The van der Waals surface area contributed by atoms with Crippen molar-refractivity contribution in [1.82, 2.24) is 4.90 Å². The molecule has 0 spiro atoms. The van der Waals surface area contributed by atoms with Crippen LogP contribution in [0.4, 0.5) is 4.39 Å². The van der Waals surface area contributed by atoms with E-state index in [1.807, 2.05) is 0 Å². The van der Waals surface area contributed by atoms with Gasteiger partial charge in [-0.15, -0.1) is 0 Å². The second-order valence-electron chi connectivity index (χ2n) is 3.61. The molecule has 4 nitrogen and oxygen atoms in total. The molecule has 1 rings (SSSR count). The Morgan fingerprint density at radius 3 is 2.75 bits per heavy atom. The van der Waals surface area contributed by atoms with Gasteiger partial charge in [0.15, 0.2) is 11.6 Å². The second-order valence-corrected chi connectivity index (χ2v) is 3.61. The number of hydrogen-bond acceptors (Lipinski definition) is 3. The molecule has 1 aromatic rings. The van der Waals surface area contributed by atoms with Crippen LogP contribution < -0.4 is 10.5 Å². The average Bonchev–Trinajstić information content (AvgIpc) is 2.16. The van der Waals surface area contributed by atoms with E-state index in [4.69, 9.17) is 10.5 Å². The van der Waals surface area contributed by atoms with Crippen LogP contribution in [-0.2, 0) is 11.3 Å². The van der Waals surface area contributed by atoms with Gasteiger partial charge in [0.1, 0.15) is 0 Å². The number of rotatable bonds is 5. The molecule has 2 N–H and O–H groups in total. The van der Waals surface area contributed by atoms with Gasteiger partial charge in [-0.2, -0.15) is 0 Å². The van der Waals surface area contributed by atoms with E-state index in [-0.39, 0.29) is 12.3 Å². The van der Waals surface area contributed by atoms with E-state index in [0.29, 0.717) is 6.54 Å². The van der Waals surface area contributed by atoms with Crippen molar-refractivity contribution in [2.75, 3.05) is 20.7 Å². The number of carbonyl (C=O) groups is 1. The molecule has 0 aliphatic rings. The maximum Gasteiger partial charge on any atom is 0.231 e. The van der Waals surface area contributed by atoms with E-state index in [9.17, 15) is 9.18 Å². The second kappa shape index (κ2) is 5.46. The lowest BCUT2D eigenvalue weighted by Gasteiger charge is -2.14. The van der Waals surface area contributed by atoms with Gasteiger partial charge in [0.25, 0.3) is 0 Å². The number of likely N-dealkylation sites (N-methyl/N-ethyl adjacent to an activating group) is 1. The minimum Gasteiger partial charge on any atom is -0.494 e. The van der Waals surface area contributed by atoms with Crippen LogP contribution in [0.25, 0.3) is 0 Å². The Kier molecular flexibility index (Phi) is 4.25. The van der Waals surface area contributed by atoms with Crippen molar-refractivity contribution in [3.8, 4) is 5.75 Å². The standard InChI is InChI=1S/C11H15FN2O2/c1-14(7-11(13)15)6-8-3-4-10(16-2)9(12)5-8/h3-5H,6-7H2,1-2H3,(H2,13,15). The fourth-order valence-electron chi connectivity index (χ4n) is 1.44. The molecule has 0 aliphatic carbocycles. The predicted molar refractivity (Wildman–Crippen MR) is 58.5 cm³/mol. The highest BCUT2D eigenvalue weighted by molar-refractivity contribution is 5.75. The van der Waals surface area contributed by atoms with Gasteiger partial charge in [0.2, 0.25) is 5.91 Å². The first kappa shape index (κ1) is 12.4. The molecule has 88 valence electrons. The van der Waals surface area contributed by atoms with Crippen LogP contribution in [0.5, 0.6) is 5.75 Å². The summed E-state index contributed by atoms with van der Waals surface area (Å²) >= 11 is 0. The number of nitrogens with zero attached hydrogens (tertiary/aromatic N) is 1. The highest BCUT2D eigenvalue weighted by atomic mass is 19.1. The molecular formula is C11H15FN2O2. The number of nitrogens with two attached hydrogens (primary N) is 1. The zero-order chi connectivity index (χ0) is 12.1. The topological polar surface area (TPSA) is 55.6 Å². The third kappa shape index (κ3) is 3.51. The summed E-state index contributed by atoms with van der Waals surface area (Å²) in [6, 6.07) is 4.69. The van der Waals surface area contributed by atoms with E-state index in [0.717, 1.165) is 5.56 Å². The lowest BCUT2D eigenvalue weighted by atomic mass is 10.2. The summed E-state index contributed by atoms with van der Waals surface area (Å²) in [5.74, 6) is -0.606. The summed E-state index contributed by atoms with van der Waals surface area (Å²) in [4.78, 5) is 12.4. The zero-order valence-electron chi connectivity index (χ0n) is 9.37. The Hall–Kier alpha value is -1.62. The van der Waals surface area contributed by atoms with E-state index in [1.165, 1.54) is 13.2 Å². The summed E-state index contributed by atoms with van der Waals surface area (Å²) in [7, 11) is 3.16.